The van der Waals surface area contributed by atoms with E-state index in [4.69, 9.17) is 0 Å². The number of aliphatic imine (C=N–C) groups is 1. The lowest BCUT2D eigenvalue weighted by atomic mass is 10.1. The molecule has 1 atom stereocenters. The molecule has 1 aliphatic heterocycles. The van der Waals surface area contributed by atoms with Crippen molar-refractivity contribution in [2.24, 2.45) is 18.0 Å². The van der Waals surface area contributed by atoms with Crippen LogP contribution < -0.4 is 15.5 Å². The zero-order valence-electron chi connectivity index (χ0n) is 15.0. The first-order chi connectivity index (χ1) is 12.2. The minimum absolute atomic E-state index is 0. The Morgan fingerprint density at radius 3 is 2.73 bits per heavy atom. The molecule has 1 saturated heterocycles. The summed E-state index contributed by atoms with van der Waals surface area (Å²) in [5, 5.41) is 10.8. The average molecular weight is 534 g/mol. The van der Waals surface area contributed by atoms with Gasteiger partial charge in [0, 0.05) is 43.9 Å². The highest BCUT2D eigenvalue weighted by Crippen LogP contribution is 2.24. The third-order valence-corrected chi connectivity index (χ3v) is 5.01. The van der Waals surface area contributed by atoms with Gasteiger partial charge in [0.2, 0.25) is 0 Å². The zero-order chi connectivity index (χ0) is 17.6. The van der Waals surface area contributed by atoms with Gasteiger partial charge in [-0.1, -0.05) is 15.9 Å². The Hall–Kier alpha value is -1.36. The average Bonchev–Trinajstić information content (AvgIpc) is 3.25. The van der Waals surface area contributed by atoms with Crippen LogP contribution in [0.2, 0.25) is 0 Å². The molecule has 0 bridgehead atoms. The van der Waals surface area contributed by atoms with Gasteiger partial charge in [0.25, 0.3) is 0 Å². The number of rotatable bonds is 5. The molecule has 0 aliphatic carbocycles. The van der Waals surface area contributed by atoms with Gasteiger partial charge in [-0.2, -0.15) is 5.10 Å². The van der Waals surface area contributed by atoms with E-state index < -0.39 is 0 Å². The molecule has 9 heteroatoms. The minimum atomic E-state index is 0. The SMILES string of the molecule is CN=C(NCc1ncnn1C)NCC1CCN(c2ccc(Br)cc2)C1.I. The van der Waals surface area contributed by atoms with Gasteiger partial charge in [0.1, 0.15) is 12.2 Å². The number of nitrogens with one attached hydrogen (secondary N) is 2. The van der Waals surface area contributed by atoms with Crippen molar-refractivity contribution >= 4 is 51.6 Å². The van der Waals surface area contributed by atoms with Crippen LogP contribution in [0.3, 0.4) is 0 Å². The molecule has 2 heterocycles. The molecule has 1 aromatic carbocycles. The van der Waals surface area contributed by atoms with Gasteiger partial charge in [0.05, 0.1) is 6.54 Å². The first-order valence-electron chi connectivity index (χ1n) is 8.43. The summed E-state index contributed by atoms with van der Waals surface area (Å²) in [5.41, 5.74) is 1.29. The smallest absolute Gasteiger partial charge is 0.191 e. The number of nitrogens with zero attached hydrogens (tertiary/aromatic N) is 5. The molecule has 1 aromatic heterocycles. The van der Waals surface area contributed by atoms with Crippen molar-refractivity contribution in [1.82, 2.24) is 25.4 Å². The summed E-state index contributed by atoms with van der Waals surface area (Å²) in [6.45, 7) is 3.67. The Labute approximate surface area is 179 Å². The van der Waals surface area contributed by atoms with E-state index in [-0.39, 0.29) is 24.0 Å². The summed E-state index contributed by atoms with van der Waals surface area (Å²) in [6.07, 6.45) is 2.74. The number of aryl methyl sites for hydroxylation is 1. The van der Waals surface area contributed by atoms with Gasteiger partial charge in [-0.05, 0) is 36.6 Å². The van der Waals surface area contributed by atoms with Crippen molar-refractivity contribution < 1.29 is 0 Å². The van der Waals surface area contributed by atoms with Crippen molar-refractivity contribution in [1.29, 1.82) is 0 Å². The van der Waals surface area contributed by atoms with Gasteiger partial charge < -0.3 is 15.5 Å². The van der Waals surface area contributed by atoms with Crippen LogP contribution in [0.25, 0.3) is 0 Å². The molecule has 26 heavy (non-hydrogen) atoms. The molecule has 7 nitrogen and oxygen atoms in total. The van der Waals surface area contributed by atoms with E-state index >= 15 is 0 Å². The highest BCUT2D eigenvalue weighted by Gasteiger charge is 2.22. The van der Waals surface area contributed by atoms with E-state index in [0.29, 0.717) is 12.5 Å². The maximum atomic E-state index is 4.28. The molecular weight excluding hydrogens is 509 g/mol. The molecule has 0 spiro atoms. The molecule has 1 fully saturated rings. The molecule has 2 aromatic rings. The van der Waals surface area contributed by atoms with Crippen molar-refractivity contribution in [3.8, 4) is 0 Å². The highest BCUT2D eigenvalue weighted by molar-refractivity contribution is 14.0. The normalized spacial score (nSPS) is 17.1. The number of anilines is 1. The third kappa shape index (κ3) is 5.57. The maximum Gasteiger partial charge on any atom is 0.191 e. The quantitative estimate of drug-likeness (QED) is 0.351. The van der Waals surface area contributed by atoms with Crippen LogP contribution in [0.1, 0.15) is 12.2 Å². The van der Waals surface area contributed by atoms with Crippen LogP contribution in [0.15, 0.2) is 40.1 Å². The first kappa shape index (κ1) is 20.9. The fourth-order valence-electron chi connectivity index (χ4n) is 2.99. The monoisotopic (exact) mass is 533 g/mol. The zero-order valence-corrected chi connectivity index (χ0v) is 18.9. The van der Waals surface area contributed by atoms with E-state index in [2.05, 4.69) is 70.8 Å². The van der Waals surface area contributed by atoms with E-state index in [0.717, 1.165) is 35.9 Å². The van der Waals surface area contributed by atoms with Crippen molar-refractivity contribution in [3.05, 3.63) is 40.9 Å². The van der Waals surface area contributed by atoms with Gasteiger partial charge in [-0.25, -0.2) is 4.98 Å². The lowest BCUT2D eigenvalue weighted by Gasteiger charge is -2.19. The minimum Gasteiger partial charge on any atom is -0.371 e. The fraction of sp³-hybridized carbons (Fsp3) is 0.471. The standard InChI is InChI=1S/C17H24BrN7.HI/c1-19-17(21-10-16-22-12-23-24(16)2)20-9-13-7-8-25(11-13)15-5-3-14(18)4-6-15;/h3-6,12-13H,7-11H2,1-2H3,(H2,19,20,21);1H. The van der Waals surface area contributed by atoms with Gasteiger partial charge in [-0.3, -0.25) is 9.67 Å². The summed E-state index contributed by atoms with van der Waals surface area (Å²) in [7, 11) is 3.67. The third-order valence-electron chi connectivity index (χ3n) is 4.48. The largest absolute Gasteiger partial charge is 0.371 e. The highest BCUT2D eigenvalue weighted by atomic mass is 127. The molecule has 0 radical (unpaired) electrons. The molecular formula is C17H25BrIN7. The molecule has 0 amide bonds. The Bertz CT molecular complexity index is 716. The van der Waals surface area contributed by atoms with E-state index in [9.17, 15) is 0 Å². The predicted octanol–water partition coefficient (Wildman–Crippen LogP) is 2.39. The van der Waals surface area contributed by atoms with Crippen LogP contribution in [0, 0.1) is 5.92 Å². The summed E-state index contributed by atoms with van der Waals surface area (Å²) < 4.78 is 2.87. The van der Waals surface area contributed by atoms with Gasteiger partial charge in [0.15, 0.2) is 5.96 Å². The van der Waals surface area contributed by atoms with Crippen molar-refractivity contribution in [3.63, 3.8) is 0 Å². The second-order valence-electron chi connectivity index (χ2n) is 6.18. The number of aromatic nitrogens is 3. The first-order valence-corrected chi connectivity index (χ1v) is 9.23. The Balaban J connectivity index is 0.00000243. The van der Waals surface area contributed by atoms with Crippen molar-refractivity contribution in [2.45, 2.75) is 13.0 Å². The maximum absolute atomic E-state index is 4.28. The second-order valence-corrected chi connectivity index (χ2v) is 7.10. The summed E-state index contributed by atoms with van der Waals surface area (Å²) in [5.74, 6) is 2.28. The van der Waals surface area contributed by atoms with Gasteiger partial charge in [-0.15, -0.1) is 24.0 Å². The number of benzene rings is 1. The van der Waals surface area contributed by atoms with E-state index in [1.807, 2.05) is 7.05 Å². The van der Waals surface area contributed by atoms with E-state index in [1.54, 1.807) is 18.1 Å². The topological polar surface area (TPSA) is 70.4 Å². The number of hydrogen-bond donors (Lipinski definition) is 2. The Morgan fingerprint density at radius 2 is 2.08 bits per heavy atom. The molecule has 2 N–H and O–H groups in total. The molecule has 142 valence electrons. The van der Waals surface area contributed by atoms with Crippen LogP contribution in [-0.2, 0) is 13.6 Å². The fourth-order valence-corrected chi connectivity index (χ4v) is 3.25. The lowest BCUT2D eigenvalue weighted by molar-refractivity contribution is 0.564. The summed E-state index contributed by atoms with van der Waals surface area (Å²) in [6, 6.07) is 8.53. The second kappa shape index (κ2) is 10.1. The van der Waals surface area contributed by atoms with Crippen LogP contribution in [-0.4, -0.2) is 47.4 Å². The number of halogens is 2. The molecule has 1 unspecified atom stereocenters. The molecule has 1 aliphatic rings. The Morgan fingerprint density at radius 1 is 1.31 bits per heavy atom. The molecule has 3 rings (SSSR count). The number of guanidine groups is 1. The number of hydrogen-bond acceptors (Lipinski definition) is 4. The predicted molar refractivity (Wildman–Crippen MR) is 119 cm³/mol. The van der Waals surface area contributed by atoms with Crippen molar-refractivity contribution in [2.75, 3.05) is 31.6 Å². The van der Waals surface area contributed by atoms with Gasteiger partial charge >= 0.3 is 0 Å². The Kier molecular flexibility index (Phi) is 8.14. The van der Waals surface area contributed by atoms with Crippen LogP contribution in [0.5, 0.6) is 0 Å². The van der Waals surface area contributed by atoms with Crippen LogP contribution >= 0.6 is 39.9 Å². The summed E-state index contributed by atoms with van der Waals surface area (Å²) >= 11 is 3.49. The van der Waals surface area contributed by atoms with E-state index in [1.165, 1.54) is 12.1 Å². The molecule has 0 saturated carbocycles. The summed E-state index contributed by atoms with van der Waals surface area (Å²) in [4.78, 5) is 10.9. The lowest BCUT2D eigenvalue weighted by Crippen LogP contribution is -2.40. The van der Waals surface area contributed by atoms with Crippen LogP contribution in [0.4, 0.5) is 5.69 Å².